The molecule has 0 spiro atoms. The summed E-state index contributed by atoms with van der Waals surface area (Å²) in [7, 11) is 1.58. The Balaban J connectivity index is 2.28. The van der Waals surface area contributed by atoms with E-state index in [0.29, 0.717) is 13.0 Å². The quantitative estimate of drug-likeness (QED) is 0.847. The fraction of sp³-hybridized carbons (Fsp3) is 0.500. The van der Waals surface area contributed by atoms with Gasteiger partial charge in [-0.1, -0.05) is 18.5 Å². The molecular formula is C12H17ClN2O3S. The molecule has 0 aromatic carbocycles. The average Bonchev–Trinajstić information content (AvgIpc) is 2.74. The molecule has 0 aliphatic rings. The summed E-state index contributed by atoms with van der Waals surface area (Å²) in [6, 6.07) is 3.48. The summed E-state index contributed by atoms with van der Waals surface area (Å²) in [6.45, 7) is 2.26. The summed E-state index contributed by atoms with van der Waals surface area (Å²) in [6.07, 6.45) is 0.714. The first-order valence-corrected chi connectivity index (χ1v) is 7.05. The number of nitrogens with one attached hydrogen (secondary N) is 1. The largest absolute Gasteiger partial charge is 0.481 e. The van der Waals surface area contributed by atoms with Crippen molar-refractivity contribution in [2.24, 2.45) is 5.92 Å². The molecule has 106 valence electrons. The van der Waals surface area contributed by atoms with Crippen LogP contribution in [0.1, 0.15) is 11.8 Å². The third-order valence-electron chi connectivity index (χ3n) is 2.59. The molecule has 1 atom stereocenters. The number of hydrogen-bond donors (Lipinski definition) is 2. The van der Waals surface area contributed by atoms with Gasteiger partial charge >= 0.3 is 12.0 Å². The molecule has 1 rings (SSSR count). The minimum Gasteiger partial charge on any atom is -0.481 e. The monoisotopic (exact) mass is 304 g/mol. The van der Waals surface area contributed by atoms with Gasteiger partial charge in [0.2, 0.25) is 0 Å². The normalized spacial score (nSPS) is 11.9. The van der Waals surface area contributed by atoms with E-state index in [2.05, 4.69) is 5.32 Å². The van der Waals surface area contributed by atoms with Crippen LogP contribution in [-0.4, -0.2) is 42.1 Å². The van der Waals surface area contributed by atoms with E-state index in [9.17, 15) is 9.59 Å². The van der Waals surface area contributed by atoms with Crippen LogP contribution in [0.4, 0.5) is 4.79 Å². The molecule has 0 saturated heterocycles. The Labute approximate surface area is 121 Å². The van der Waals surface area contributed by atoms with Gasteiger partial charge in [0.15, 0.2) is 0 Å². The standard InChI is InChI=1S/C12H17ClN2O3S/c1-8(11(16)17)7-15(2)12(18)14-6-5-9-3-4-10(13)19-9/h3-4,8H,5-7H2,1-2H3,(H,14,18)(H,16,17). The lowest BCUT2D eigenvalue weighted by Crippen LogP contribution is -2.41. The summed E-state index contributed by atoms with van der Waals surface area (Å²) >= 11 is 7.29. The van der Waals surface area contributed by atoms with Crippen molar-refractivity contribution >= 4 is 34.9 Å². The van der Waals surface area contributed by atoms with Crippen molar-refractivity contribution < 1.29 is 14.7 Å². The van der Waals surface area contributed by atoms with Crippen LogP contribution in [0, 0.1) is 5.92 Å². The van der Waals surface area contributed by atoms with Gasteiger partial charge < -0.3 is 15.3 Å². The van der Waals surface area contributed by atoms with Gasteiger partial charge in [0.1, 0.15) is 0 Å². The van der Waals surface area contributed by atoms with Crippen LogP contribution in [0.15, 0.2) is 12.1 Å². The van der Waals surface area contributed by atoms with E-state index in [1.165, 1.54) is 16.2 Å². The smallest absolute Gasteiger partial charge is 0.317 e. The van der Waals surface area contributed by atoms with E-state index in [4.69, 9.17) is 16.7 Å². The minimum atomic E-state index is -0.909. The second-order valence-electron chi connectivity index (χ2n) is 4.31. The first-order valence-electron chi connectivity index (χ1n) is 5.86. The van der Waals surface area contributed by atoms with Crippen molar-refractivity contribution in [3.05, 3.63) is 21.3 Å². The average molecular weight is 305 g/mol. The predicted octanol–water partition coefficient (Wildman–Crippen LogP) is 2.31. The predicted molar refractivity (Wildman–Crippen MR) is 75.9 cm³/mol. The van der Waals surface area contributed by atoms with Crippen LogP contribution < -0.4 is 5.32 Å². The molecule has 19 heavy (non-hydrogen) atoms. The molecule has 1 aromatic rings. The maximum atomic E-state index is 11.7. The maximum absolute atomic E-state index is 11.7. The number of carboxylic acid groups (broad SMARTS) is 1. The number of urea groups is 1. The first-order chi connectivity index (χ1) is 8.90. The van der Waals surface area contributed by atoms with E-state index in [1.807, 2.05) is 12.1 Å². The van der Waals surface area contributed by atoms with E-state index < -0.39 is 11.9 Å². The van der Waals surface area contributed by atoms with Gasteiger partial charge in [0.25, 0.3) is 0 Å². The van der Waals surface area contributed by atoms with Gasteiger partial charge in [-0.3, -0.25) is 4.79 Å². The Hall–Kier alpha value is -1.27. The Bertz CT molecular complexity index is 450. The lowest BCUT2D eigenvalue weighted by atomic mass is 10.2. The molecular weight excluding hydrogens is 288 g/mol. The van der Waals surface area contributed by atoms with Crippen LogP contribution in [0.5, 0.6) is 0 Å². The van der Waals surface area contributed by atoms with E-state index >= 15 is 0 Å². The van der Waals surface area contributed by atoms with Crippen LogP contribution in [-0.2, 0) is 11.2 Å². The molecule has 5 nitrogen and oxygen atoms in total. The van der Waals surface area contributed by atoms with Gasteiger partial charge in [-0.25, -0.2) is 4.79 Å². The third-order valence-corrected chi connectivity index (χ3v) is 3.88. The van der Waals surface area contributed by atoms with Crippen LogP contribution in [0.25, 0.3) is 0 Å². The van der Waals surface area contributed by atoms with Crippen molar-refractivity contribution in [3.63, 3.8) is 0 Å². The Morgan fingerprint density at radius 1 is 1.53 bits per heavy atom. The number of thiophene rings is 1. The fourth-order valence-electron chi connectivity index (χ4n) is 1.49. The molecule has 2 amide bonds. The van der Waals surface area contributed by atoms with Gasteiger partial charge in [-0.05, 0) is 18.6 Å². The number of amides is 2. The highest BCUT2D eigenvalue weighted by Crippen LogP contribution is 2.21. The lowest BCUT2D eigenvalue weighted by Gasteiger charge is -2.19. The van der Waals surface area contributed by atoms with Crippen LogP contribution in [0.2, 0.25) is 4.34 Å². The Kier molecular flexibility index (Phi) is 6.11. The van der Waals surface area contributed by atoms with E-state index in [1.54, 1.807) is 14.0 Å². The minimum absolute atomic E-state index is 0.187. The van der Waals surface area contributed by atoms with Crippen molar-refractivity contribution in [3.8, 4) is 0 Å². The third kappa shape index (κ3) is 5.48. The van der Waals surface area contributed by atoms with E-state index in [0.717, 1.165) is 9.21 Å². The maximum Gasteiger partial charge on any atom is 0.317 e. The van der Waals surface area contributed by atoms with Gasteiger partial charge in [0.05, 0.1) is 10.3 Å². The van der Waals surface area contributed by atoms with Crippen LogP contribution >= 0.6 is 22.9 Å². The highest BCUT2D eigenvalue weighted by atomic mass is 35.5. The second kappa shape index (κ2) is 7.35. The molecule has 1 unspecified atom stereocenters. The Morgan fingerprint density at radius 2 is 2.21 bits per heavy atom. The number of carboxylic acids is 1. The van der Waals surface area contributed by atoms with Gasteiger partial charge in [0, 0.05) is 25.0 Å². The zero-order valence-corrected chi connectivity index (χ0v) is 12.4. The van der Waals surface area contributed by atoms with Crippen molar-refractivity contribution in [1.29, 1.82) is 0 Å². The van der Waals surface area contributed by atoms with Crippen LogP contribution in [0.3, 0.4) is 0 Å². The summed E-state index contributed by atoms with van der Waals surface area (Å²) in [5.74, 6) is -1.49. The Morgan fingerprint density at radius 3 is 2.74 bits per heavy atom. The van der Waals surface area contributed by atoms with Gasteiger partial charge in [-0.2, -0.15) is 0 Å². The summed E-state index contributed by atoms with van der Waals surface area (Å²) in [5, 5.41) is 11.5. The molecule has 7 heteroatoms. The summed E-state index contributed by atoms with van der Waals surface area (Å²) in [5.41, 5.74) is 0. The first kappa shape index (κ1) is 15.8. The van der Waals surface area contributed by atoms with Gasteiger partial charge in [-0.15, -0.1) is 11.3 Å². The number of carbonyl (C=O) groups is 2. The lowest BCUT2D eigenvalue weighted by molar-refractivity contribution is -0.141. The van der Waals surface area contributed by atoms with Crippen molar-refractivity contribution in [2.75, 3.05) is 20.1 Å². The molecule has 0 aliphatic heterocycles. The highest BCUT2D eigenvalue weighted by molar-refractivity contribution is 7.16. The van der Waals surface area contributed by atoms with E-state index in [-0.39, 0.29) is 12.6 Å². The number of halogens is 1. The molecule has 0 saturated carbocycles. The molecule has 0 radical (unpaired) electrons. The number of aliphatic carboxylic acids is 1. The highest BCUT2D eigenvalue weighted by Gasteiger charge is 2.16. The molecule has 0 aliphatic carbocycles. The number of rotatable bonds is 6. The number of carbonyl (C=O) groups excluding carboxylic acids is 1. The number of hydrogen-bond acceptors (Lipinski definition) is 3. The molecule has 2 N–H and O–H groups in total. The second-order valence-corrected chi connectivity index (χ2v) is 6.11. The summed E-state index contributed by atoms with van der Waals surface area (Å²) in [4.78, 5) is 24.9. The zero-order valence-electron chi connectivity index (χ0n) is 10.9. The molecule has 1 heterocycles. The fourth-order valence-corrected chi connectivity index (χ4v) is 2.57. The topological polar surface area (TPSA) is 69.6 Å². The molecule has 1 aromatic heterocycles. The van der Waals surface area contributed by atoms with Crippen molar-refractivity contribution in [1.82, 2.24) is 10.2 Å². The molecule has 0 bridgehead atoms. The zero-order chi connectivity index (χ0) is 14.4. The molecule has 0 fully saturated rings. The summed E-state index contributed by atoms with van der Waals surface area (Å²) < 4.78 is 0.730. The SMILES string of the molecule is CC(CN(C)C(=O)NCCc1ccc(Cl)s1)C(=O)O. The van der Waals surface area contributed by atoms with Crippen molar-refractivity contribution in [2.45, 2.75) is 13.3 Å². The number of nitrogens with zero attached hydrogens (tertiary/aromatic N) is 1.